The van der Waals surface area contributed by atoms with Crippen LogP contribution in [0.1, 0.15) is 67.8 Å². The Labute approximate surface area is 176 Å². The number of hydrogen-bond acceptors (Lipinski definition) is 3. The Morgan fingerprint density at radius 3 is 2.50 bits per heavy atom. The molecule has 154 valence electrons. The third kappa shape index (κ3) is 3.06. The molecule has 0 spiro atoms. The van der Waals surface area contributed by atoms with Crippen LogP contribution in [0.2, 0.25) is 0 Å². The standard InChI is InChI=1S/C26H28N2O2/c1-2-3-15-28-22-14-13-21(27-17-9-5-4-6-10-17)25-24(22)20(16-23(28)29)18-11-7-8-12-19(18)26(25)30/h7-8,11-14,16-17,27H,2-6,9-10,15H2,1H3. The van der Waals surface area contributed by atoms with E-state index in [-0.39, 0.29) is 11.3 Å². The van der Waals surface area contributed by atoms with Gasteiger partial charge in [-0.25, -0.2) is 0 Å². The van der Waals surface area contributed by atoms with Gasteiger partial charge < -0.3 is 9.88 Å². The van der Waals surface area contributed by atoms with E-state index >= 15 is 0 Å². The van der Waals surface area contributed by atoms with Crippen LogP contribution < -0.4 is 10.9 Å². The van der Waals surface area contributed by atoms with E-state index in [4.69, 9.17) is 0 Å². The molecule has 0 atom stereocenters. The van der Waals surface area contributed by atoms with Gasteiger partial charge in [-0.2, -0.15) is 0 Å². The number of pyridine rings is 1. The SMILES string of the molecule is CCCCn1c(=O)cc2c3c(c(NC4CCCCC4)ccc31)C(=O)c1ccccc1-2. The van der Waals surface area contributed by atoms with Crippen molar-refractivity contribution >= 4 is 22.4 Å². The van der Waals surface area contributed by atoms with Crippen molar-refractivity contribution in [3.05, 3.63) is 63.9 Å². The van der Waals surface area contributed by atoms with Crippen LogP contribution in [0.4, 0.5) is 5.69 Å². The smallest absolute Gasteiger partial charge is 0.251 e. The van der Waals surface area contributed by atoms with Gasteiger partial charge in [-0.15, -0.1) is 0 Å². The van der Waals surface area contributed by atoms with E-state index in [9.17, 15) is 9.59 Å². The highest BCUT2D eigenvalue weighted by Crippen LogP contribution is 2.42. The summed E-state index contributed by atoms with van der Waals surface area (Å²) in [6.07, 6.45) is 8.01. The minimum atomic E-state index is 0.00837. The fourth-order valence-corrected chi connectivity index (χ4v) is 5.11. The monoisotopic (exact) mass is 400 g/mol. The van der Waals surface area contributed by atoms with Gasteiger partial charge in [0.05, 0.1) is 11.1 Å². The summed E-state index contributed by atoms with van der Waals surface area (Å²) in [7, 11) is 0. The molecule has 0 saturated heterocycles. The molecule has 2 aliphatic carbocycles. The number of fused-ring (bicyclic) bond motifs is 2. The van der Waals surface area contributed by atoms with Crippen LogP contribution >= 0.6 is 0 Å². The fraction of sp³-hybridized carbons (Fsp3) is 0.385. The number of aromatic nitrogens is 1. The van der Waals surface area contributed by atoms with Crippen molar-refractivity contribution in [3.63, 3.8) is 0 Å². The molecule has 0 amide bonds. The molecule has 4 nitrogen and oxygen atoms in total. The highest BCUT2D eigenvalue weighted by atomic mass is 16.1. The van der Waals surface area contributed by atoms with Crippen LogP contribution in [0.25, 0.3) is 22.0 Å². The number of unbranched alkanes of at least 4 members (excludes halogenated alkanes) is 1. The highest BCUT2D eigenvalue weighted by molar-refractivity contribution is 6.28. The molecule has 0 aliphatic heterocycles. The Hall–Kier alpha value is -2.88. The molecule has 1 N–H and O–H groups in total. The normalized spacial score (nSPS) is 16.0. The van der Waals surface area contributed by atoms with Gasteiger partial charge in [0, 0.05) is 35.3 Å². The topological polar surface area (TPSA) is 51.1 Å². The number of benzene rings is 2. The number of carbonyl (C=O) groups excluding carboxylic acids is 1. The average Bonchev–Trinajstić information content (AvgIpc) is 2.78. The van der Waals surface area contributed by atoms with Crippen LogP contribution in [0, 0.1) is 0 Å². The van der Waals surface area contributed by atoms with Gasteiger partial charge in [-0.05, 0) is 42.5 Å². The Kier molecular flexibility index (Phi) is 4.93. The molecule has 3 aromatic rings. The van der Waals surface area contributed by atoms with Crippen molar-refractivity contribution < 1.29 is 4.79 Å². The van der Waals surface area contributed by atoms with Crippen molar-refractivity contribution in [2.24, 2.45) is 0 Å². The summed E-state index contributed by atoms with van der Waals surface area (Å²) in [6, 6.07) is 13.9. The van der Waals surface area contributed by atoms with E-state index in [1.165, 1.54) is 19.3 Å². The van der Waals surface area contributed by atoms with Crippen LogP contribution in [0.3, 0.4) is 0 Å². The zero-order valence-corrected chi connectivity index (χ0v) is 17.5. The lowest BCUT2D eigenvalue weighted by atomic mass is 9.83. The first-order valence-electron chi connectivity index (χ1n) is 11.3. The first kappa shape index (κ1) is 19.1. The number of nitrogens with one attached hydrogen (secondary N) is 1. The number of aryl methyl sites for hydroxylation is 1. The largest absolute Gasteiger partial charge is 0.382 e. The second-order valence-electron chi connectivity index (χ2n) is 8.64. The van der Waals surface area contributed by atoms with E-state index in [0.717, 1.165) is 59.0 Å². The molecule has 0 unspecified atom stereocenters. The van der Waals surface area contributed by atoms with E-state index in [2.05, 4.69) is 12.2 Å². The lowest BCUT2D eigenvalue weighted by molar-refractivity contribution is 0.104. The molecule has 1 saturated carbocycles. The van der Waals surface area contributed by atoms with Crippen molar-refractivity contribution in [3.8, 4) is 11.1 Å². The Bertz CT molecular complexity index is 1190. The second-order valence-corrected chi connectivity index (χ2v) is 8.64. The average molecular weight is 401 g/mol. The number of hydrogen-bond donors (Lipinski definition) is 1. The van der Waals surface area contributed by atoms with Gasteiger partial charge >= 0.3 is 0 Å². The van der Waals surface area contributed by atoms with Gasteiger partial charge in [0.1, 0.15) is 0 Å². The summed E-state index contributed by atoms with van der Waals surface area (Å²) < 4.78 is 1.84. The van der Waals surface area contributed by atoms with Crippen molar-refractivity contribution in [2.45, 2.75) is 64.5 Å². The molecule has 0 bridgehead atoms. The highest BCUT2D eigenvalue weighted by Gasteiger charge is 2.30. The van der Waals surface area contributed by atoms with E-state index in [0.29, 0.717) is 18.2 Å². The van der Waals surface area contributed by atoms with Crippen molar-refractivity contribution in [2.75, 3.05) is 5.32 Å². The molecular formula is C26H28N2O2. The summed E-state index contributed by atoms with van der Waals surface area (Å²) in [5.74, 6) is 0.0581. The first-order valence-corrected chi connectivity index (χ1v) is 11.3. The summed E-state index contributed by atoms with van der Waals surface area (Å²) in [5, 5.41) is 4.61. The maximum atomic E-state index is 13.6. The Morgan fingerprint density at radius 2 is 1.73 bits per heavy atom. The Balaban J connectivity index is 1.76. The van der Waals surface area contributed by atoms with Gasteiger partial charge in [-0.3, -0.25) is 9.59 Å². The maximum Gasteiger partial charge on any atom is 0.251 e. The summed E-state index contributed by atoms with van der Waals surface area (Å²) in [4.78, 5) is 26.6. The molecule has 1 fully saturated rings. The number of nitrogens with zero attached hydrogens (tertiary/aromatic N) is 1. The van der Waals surface area contributed by atoms with Crippen molar-refractivity contribution in [1.82, 2.24) is 4.57 Å². The van der Waals surface area contributed by atoms with Crippen molar-refractivity contribution in [1.29, 1.82) is 0 Å². The quantitative estimate of drug-likeness (QED) is 0.463. The summed E-state index contributed by atoms with van der Waals surface area (Å²) in [6.45, 7) is 2.80. The number of anilines is 1. The lowest BCUT2D eigenvalue weighted by Gasteiger charge is -2.28. The van der Waals surface area contributed by atoms with Crippen LogP contribution in [-0.4, -0.2) is 16.4 Å². The van der Waals surface area contributed by atoms with E-state index < -0.39 is 0 Å². The molecule has 1 heterocycles. The van der Waals surface area contributed by atoms with Crippen LogP contribution in [0.15, 0.2) is 47.3 Å². The molecule has 1 aromatic heterocycles. The van der Waals surface area contributed by atoms with E-state index in [1.54, 1.807) is 6.07 Å². The maximum absolute atomic E-state index is 13.6. The Morgan fingerprint density at radius 1 is 0.967 bits per heavy atom. The molecule has 5 rings (SSSR count). The first-order chi connectivity index (χ1) is 14.7. The lowest BCUT2D eigenvalue weighted by Crippen LogP contribution is -2.26. The van der Waals surface area contributed by atoms with Gasteiger partial charge in [0.15, 0.2) is 5.78 Å². The zero-order chi connectivity index (χ0) is 20.7. The molecule has 2 aromatic carbocycles. The third-order valence-electron chi connectivity index (χ3n) is 6.67. The summed E-state index contributed by atoms with van der Waals surface area (Å²) in [5.41, 5.74) is 4.98. The minimum absolute atomic E-state index is 0.00837. The van der Waals surface area contributed by atoms with Gasteiger partial charge in [0.2, 0.25) is 0 Å². The number of ketones is 1. The van der Waals surface area contributed by atoms with E-state index in [1.807, 2.05) is 41.0 Å². The third-order valence-corrected chi connectivity index (χ3v) is 6.67. The fourth-order valence-electron chi connectivity index (χ4n) is 5.11. The van der Waals surface area contributed by atoms with Crippen LogP contribution in [0.5, 0.6) is 0 Å². The second kappa shape index (κ2) is 7.75. The van der Waals surface area contributed by atoms with Crippen LogP contribution in [-0.2, 0) is 6.54 Å². The van der Waals surface area contributed by atoms with Gasteiger partial charge in [-0.1, -0.05) is 56.9 Å². The summed E-state index contributed by atoms with van der Waals surface area (Å²) >= 11 is 0. The molecule has 4 heteroatoms. The molecule has 0 radical (unpaired) electrons. The van der Waals surface area contributed by atoms with Gasteiger partial charge in [0.25, 0.3) is 5.56 Å². The molecular weight excluding hydrogens is 372 g/mol. The number of rotatable bonds is 5. The molecule has 2 aliphatic rings. The predicted molar refractivity (Wildman–Crippen MR) is 122 cm³/mol. The zero-order valence-electron chi connectivity index (χ0n) is 17.5. The predicted octanol–water partition coefficient (Wildman–Crippen LogP) is 5.76. The molecule has 30 heavy (non-hydrogen) atoms. The number of carbonyl (C=O) groups is 1. The minimum Gasteiger partial charge on any atom is -0.382 e.